The molecule has 3 aromatic rings. The molecule has 0 heteroatoms. The van der Waals surface area contributed by atoms with Crippen LogP contribution in [0.3, 0.4) is 0 Å². The fraction of sp³-hybridized carbons (Fsp3) is 0.357. The summed E-state index contributed by atoms with van der Waals surface area (Å²) < 4.78 is 0. The lowest BCUT2D eigenvalue weighted by molar-refractivity contribution is 0.572. The van der Waals surface area contributed by atoms with Gasteiger partial charge in [-0.05, 0) is 67.3 Å². The Labute approximate surface area is 170 Å². The predicted octanol–water partition coefficient (Wildman–Crippen LogP) is 8.16. The van der Waals surface area contributed by atoms with Crippen molar-refractivity contribution in [2.45, 2.75) is 65.7 Å². The third kappa shape index (κ3) is 2.91. The van der Waals surface area contributed by atoms with Crippen molar-refractivity contribution in [2.75, 3.05) is 0 Å². The summed E-state index contributed by atoms with van der Waals surface area (Å²) in [4.78, 5) is 0. The molecule has 3 aromatic carbocycles. The van der Waals surface area contributed by atoms with Crippen LogP contribution in [0.5, 0.6) is 0 Å². The van der Waals surface area contributed by atoms with E-state index >= 15 is 0 Å². The molecule has 1 aliphatic rings. The summed E-state index contributed by atoms with van der Waals surface area (Å²) in [6, 6.07) is 20.6. The normalized spacial score (nSPS) is 13.0. The highest BCUT2D eigenvalue weighted by Gasteiger charge is 2.30. The Morgan fingerprint density at radius 2 is 1.18 bits per heavy atom. The fourth-order valence-electron chi connectivity index (χ4n) is 4.68. The highest BCUT2D eigenvalue weighted by Crippen LogP contribution is 2.53. The molecule has 144 valence electrons. The number of rotatable bonds is 2. The molecule has 0 fully saturated rings. The number of fused-ring (bicyclic) bond motifs is 4. The van der Waals surface area contributed by atoms with Gasteiger partial charge < -0.3 is 0 Å². The molecule has 0 amide bonds. The zero-order valence-corrected chi connectivity index (χ0v) is 18.4. The van der Waals surface area contributed by atoms with Crippen molar-refractivity contribution in [3.8, 4) is 33.4 Å². The molecule has 0 aliphatic heterocycles. The summed E-state index contributed by atoms with van der Waals surface area (Å²) >= 11 is 0. The van der Waals surface area contributed by atoms with Crippen LogP contribution in [0.1, 0.15) is 65.2 Å². The maximum absolute atomic E-state index is 2.47. The van der Waals surface area contributed by atoms with Gasteiger partial charge >= 0.3 is 0 Å². The van der Waals surface area contributed by atoms with E-state index in [-0.39, 0.29) is 10.8 Å². The molecule has 4 rings (SSSR count). The lowest BCUT2D eigenvalue weighted by atomic mass is 9.71. The topological polar surface area (TPSA) is 0 Å². The highest BCUT2D eigenvalue weighted by atomic mass is 14.3. The van der Waals surface area contributed by atoms with E-state index in [1.807, 2.05) is 0 Å². The molecule has 0 unspecified atom stereocenters. The predicted molar refractivity (Wildman–Crippen MR) is 123 cm³/mol. The highest BCUT2D eigenvalue weighted by molar-refractivity contribution is 6.09. The SMILES string of the molecule is CCc1cc(C(C)(C)C)cc(-c2cccc3c2-c2ccccc2-3)c1C(C)(C)C. The Kier molecular flexibility index (Phi) is 4.30. The van der Waals surface area contributed by atoms with Crippen molar-refractivity contribution in [2.24, 2.45) is 0 Å². The number of aryl methyl sites for hydroxylation is 1. The van der Waals surface area contributed by atoms with Crippen molar-refractivity contribution >= 4 is 0 Å². The van der Waals surface area contributed by atoms with Crippen molar-refractivity contribution in [3.05, 3.63) is 71.3 Å². The zero-order valence-electron chi connectivity index (χ0n) is 18.4. The zero-order chi connectivity index (χ0) is 20.3. The second-order valence-corrected chi connectivity index (χ2v) is 10.2. The van der Waals surface area contributed by atoms with Crippen molar-refractivity contribution < 1.29 is 0 Å². The molecule has 0 heterocycles. The van der Waals surface area contributed by atoms with Gasteiger partial charge in [0.1, 0.15) is 0 Å². The molecular formula is C28H32. The Balaban J connectivity index is 2.05. The van der Waals surface area contributed by atoms with Gasteiger partial charge in [-0.15, -0.1) is 0 Å². The molecular weight excluding hydrogens is 336 g/mol. The maximum Gasteiger partial charge on any atom is -0.00203 e. The van der Waals surface area contributed by atoms with Crippen molar-refractivity contribution in [1.82, 2.24) is 0 Å². The van der Waals surface area contributed by atoms with Crippen LogP contribution < -0.4 is 0 Å². The van der Waals surface area contributed by atoms with Gasteiger partial charge in [0.2, 0.25) is 0 Å². The second-order valence-electron chi connectivity index (χ2n) is 10.2. The van der Waals surface area contributed by atoms with E-state index in [2.05, 4.69) is 103 Å². The third-order valence-corrected chi connectivity index (χ3v) is 6.06. The average Bonchev–Trinajstić information content (AvgIpc) is 2.62. The van der Waals surface area contributed by atoms with E-state index in [4.69, 9.17) is 0 Å². The summed E-state index contributed by atoms with van der Waals surface area (Å²) in [5.41, 5.74) is 13.1. The molecule has 0 nitrogen and oxygen atoms in total. The molecule has 0 bridgehead atoms. The lowest BCUT2D eigenvalue weighted by Crippen LogP contribution is -2.19. The molecule has 0 aromatic heterocycles. The Bertz CT molecular complexity index is 1050. The van der Waals surface area contributed by atoms with Gasteiger partial charge in [0.05, 0.1) is 0 Å². The molecule has 0 atom stereocenters. The Morgan fingerprint density at radius 3 is 1.75 bits per heavy atom. The average molecular weight is 369 g/mol. The van der Waals surface area contributed by atoms with Gasteiger partial charge in [0.25, 0.3) is 0 Å². The standard InChI is InChI=1S/C28H32/c1-8-18-16-19(27(2,3)4)17-24(26(18)28(5,6)7)23-15-11-14-22-20-12-9-10-13-21(20)25(22)23/h9-17H,8H2,1-7H3. The minimum atomic E-state index is 0.100. The number of hydrogen-bond acceptors (Lipinski definition) is 0. The third-order valence-electron chi connectivity index (χ3n) is 6.06. The van der Waals surface area contributed by atoms with Crippen LogP contribution in [0, 0.1) is 0 Å². The van der Waals surface area contributed by atoms with Gasteiger partial charge in [0.15, 0.2) is 0 Å². The molecule has 0 saturated heterocycles. The monoisotopic (exact) mass is 368 g/mol. The van der Waals surface area contributed by atoms with E-state index in [1.54, 1.807) is 0 Å². The minimum absolute atomic E-state index is 0.100. The molecule has 0 N–H and O–H groups in total. The van der Waals surface area contributed by atoms with Crippen molar-refractivity contribution in [1.29, 1.82) is 0 Å². The summed E-state index contributed by atoms with van der Waals surface area (Å²) in [5, 5.41) is 0. The fourth-order valence-corrected chi connectivity index (χ4v) is 4.68. The molecule has 1 aliphatic carbocycles. The first-order valence-electron chi connectivity index (χ1n) is 10.5. The summed E-state index contributed by atoms with van der Waals surface area (Å²) in [6.45, 7) is 16.3. The quantitative estimate of drug-likeness (QED) is 0.335. The first kappa shape index (κ1) is 19.0. The molecule has 0 saturated carbocycles. The Morgan fingerprint density at radius 1 is 0.607 bits per heavy atom. The van der Waals surface area contributed by atoms with Gasteiger partial charge in [-0.25, -0.2) is 0 Å². The summed E-state index contributed by atoms with van der Waals surface area (Å²) in [5.74, 6) is 0. The lowest BCUT2D eigenvalue weighted by Gasteiger charge is -2.33. The van der Waals surface area contributed by atoms with Crippen LogP contribution in [0.15, 0.2) is 54.6 Å². The second kappa shape index (κ2) is 6.34. The first-order chi connectivity index (χ1) is 13.1. The largest absolute Gasteiger partial charge is 0.0616 e. The number of hydrogen-bond donors (Lipinski definition) is 0. The van der Waals surface area contributed by atoms with Gasteiger partial charge in [-0.3, -0.25) is 0 Å². The van der Waals surface area contributed by atoms with Crippen molar-refractivity contribution in [3.63, 3.8) is 0 Å². The Hall–Kier alpha value is -2.34. The molecule has 0 radical (unpaired) electrons. The molecule has 0 spiro atoms. The van der Waals surface area contributed by atoms with Crippen LogP contribution in [-0.4, -0.2) is 0 Å². The minimum Gasteiger partial charge on any atom is -0.0616 e. The van der Waals surface area contributed by atoms with E-state index in [9.17, 15) is 0 Å². The summed E-state index contributed by atoms with van der Waals surface area (Å²) in [6.07, 6.45) is 1.06. The van der Waals surface area contributed by atoms with Gasteiger partial charge in [-0.1, -0.05) is 103 Å². The van der Waals surface area contributed by atoms with Gasteiger partial charge in [0, 0.05) is 0 Å². The van der Waals surface area contributed by atoms with Crippen LogP contribution in [-0.2, 0) is 17.3 Å². The van der Waals surface area contributed by atoms with Crippen LogP contribution in [0.2, 0.25) is 0 Å². The smallest absolute Gasteiger partial charge is 0.00203 e. The van der Waals surface area contributed by atoms with E-state index in [0.717, 1.165) is 6.42 Å². The van der Waals surface area contributed by atoms with Gasteiger partial charge in [-0.2, -0.15) is 0 Å². The number of benzene rings is 3. The van der Waals surface area contributed by atoms with Crippen LogP contribution in [0.4, 0.5) is 0 Å². The van der Waals surface area contributed by atoms with E-state index in [0.29, 0.717) is 0 Å². The van der Waals surface area contributed by atoms with E-state index < -0.39 is 0 Å². The summed E-state index contributed by atoms with van der Waals surface area (Å²) in [7, 11) is 0. The first-order valence-corrected chi connectivity index (χ1v) is 10.5. The maximum atomic E-state index is 2.47. The van der Waals surface area contributed by atoms with Crippen LogP contribution in [0.25, 0.3) is 33.4 Å². The molecule has 28 heavy (non-hydrogen) atoms. The van der Waals surface area contributed by atoms with Crippen LogP contribution >= 0.6 is 0 Å². The van der Waals surface area contributed by atoms with E-state index in [1.165, 1.54) is 50.1 Å².